The standard InChI is InChI=1S/C18H20N6O2/c1-4-24-11-15(12(2)21-24)17(25)19-13-6-5-7-14(10-13)20-18(26)16-8-9-23(3)22-16/h5-11H,4H2,1-3H3,(H,19,25)(H,20,26). The summed E-state index contributed by atoms with van der Waals surface area (Å²) < 4.78 is 3.28. The smallest absolute Gasteiger partial charge is 0.276 e. The van der Waals surface area contributed by atoms with Crippen molar-refractivity contribution in [1.29, 1.82) is 0 Å². The van der Waals surface area contributed by atoms with Gasteiger partial charge in [0.25, 0.3) is 11.8 Å². The molecule has 2 heterocycles. The molecule has 0 aliphatic carbocycles. The first-order chi connectivity index (χ1) is 12.5. The second-order valence-electron chi connectivity index (χ2n) is 5.85. The summed E-state index contributed by atoms with van der Waals surface area (Å²) >= 11 is 0. The van der Waals surface area contributed by atoms with Crippen LogP contribution in [0.5, 0.6) is 0 Å². The zero-order valence-corrected chi connectivity index (χ0v) is 14.9. The van der Waals surface area contributed by atoms with Gasteiger partial charge in [0.15, 0.2) is 5.69 Å². The van der Waals surface area contributed by atoms with E-state index in [0.29, 0.717) is 34.9 Å². The van der Waals surface area contributed by atoms with Crippen LogP contribution in [0.3, 0.4) is 0 Å². The number of carbonyl (C=O) groups excluding carboxylic acids is 2. The summed E-state index contributed by atoms with van der Waals surface area (Å²) in [4.78, 5) is 24.6. The number of nitrogens with one attached hydrogen (secondary N) is 2. The molecular formula is C18H20N6O2. The first-order valence-corrected chi connectivity index (χ1v) is 8.22. The Morgan fingerprint density at radius 2 is 1.77 bits per heavy atom. The number of hydrogen-bond donors (Lipinski definition) is 2. The lowest BCUT2D eigenvalue weighted by Gasteiger charge is -2.08. The molecule has 8 heteroatoms. The Hall–Kier alpha value is -3.42. The van der Waals surface area contributed by atoms with Gasteiger partial charge in [-0.25, -0.2) is 0 Å². The van der Waals surface area contributed by atoms with Gasteiger partial charge >= 0.3 is 0 Å². The third-order valence-electron chi connectivity index (χ3n) is 3.84. The molecule has 0 atom stereocenters. The molecule has 0 aliphatic rings. The molecule has 0 saturated carbocycles. The summed E-state index contributed by atoms with van der Waals surface area (Å²) in [7, 11) is 1.75. The Balaban J connectivity index is 1.71. The lowest BCUT2D eigenvalue weighted by molar-refractivity contribution is 0.101. The Labute approximate surface area is 150 Å². The highest BCUT2D eigenvalue weighted by atomic mass is 16.2. The monoisotopic (exact) mass is 352 g/mol. The summed E-state index contributed by atoms with van der Waals surface area (Å²) in [5, 5.41) is 13.9. The van der Waals surface area contributed by atoms with Crippen molar-refractivity contribution < 1.29 is 9.59 Å². The fourth-order valence-electron chi connectivity index (χ4n) is 2.51. The fraction of sp³-hybridized carbons (Fsp3) is 0.222. The molecule has 1 aromatic carbocycles. The molecular weight excluding hydrogens is 332 g/mol. The van der Waals surface area contributed by atoms with Crippen LogP contribution in [0.4, 0.5) is 11.4 Å². The van der Waals surface area contributed by atoms with Gasteiger partial charge < -0.3 is 10.6 Å². The zero-order chi connectivity index (χ0) is 18.7. The number of aryl methyl sites for hydroxylation is 3. The molecule has 8 nitrogen and oxygen atoms in total. The molecule has 0 fully saturated rings. The minimum Gasteiger partial charge on any atom is -0.322 e. The van der Waals surface area contributed by atoms with E-state index in [2.05, 4.69) is 20.8 Å². The van der Waals surface area contributed by atoms with Crippen LogP contribution >= 0.6 is 0 Å². The second kappa shape index (κ2) is 7.22. The summed E-state index contributed by atoms with van der Waals surface area (Å²) in [6.45, 7) is 4.45. The van der Waals surface area contributed by atoms with Crippen LogP contribution in [0.1, 0.15) is 33.5 Å². The minimum absolute atomic E-state index is 0.240. The first-order valence-electron chi connectivity index (χ1n) is 8.22. The van der Waals surface area contributed by atoms with Crippen molar-refractivity contribution in [2.75, 3.05) is 10.6 Å². The molecule has 0 spiro atoms. The summed E-state index contributed by atoms with van der Waals surface area (Å²) in [6.07, 6.45) is 3.42. The van der Waals surface area contributed by atoms with E-state index in [0.717, 1.165) is 0 Å². The maximum absolute atomic E-state index is 12.5. The van der Waals surface area contributed by atoms with Crippen molar-refractivity contribution in [3.63, 3.8) is 0 Å². The average molecular weight is 352 g/mol. The summed E-state index contributed by atoms with van der Waals surface area (Å²) in [5.74, 6) is -0.551. The molecule has 26 heavy (non-hydrogen) atoms. The van der Waals surface area contributed by atoms with E-state index in [1.165, 1.54) is 0 Å². The Kier molecular flexibility index (Phi) is 4.83. The highest BCUT2D eigenvalue weighted by Gasteiger charge is 2.14. The predicted molar refractivity (Wildman–Crippen MR) is 98.2 cm³/mol. The van der Waals surface area contributed by atoms with E-state index < -0.39 is 0 Å². The number of rotatable bonds is 5. The Morgan fingerprint density at radius 3 is 2.35 bits per heavy atom. The van der Waals surface area contributed by atoms with E-state index in [-0.39, 0.29) is 11.8 Å². The first kappa shape index (κ1) is 17.4. The maximum atomic E-state index is 12.5. The summed E-state index contributed by atoms with van der Waals surface area (Å²) in [5.41, 5.74) is 2.67. The fourth-order valence-corrected chi connectivity index (χ4v) is 2.51. The quantitative estimate of drug-likeness (QED) is 0.737. The minimum atomic E-state index is -0.311. The molecule has 3 rings (SSSR count). The third-order valence-corrected chi connectivity index (χ3v) is 3.84. The van der Waals surface area contributed by atoms with Gasteiger partial charge in [0.05, 0.1) is 11.3 Å². The van der Waals surface area contributed by atoms with Crippen LogP contribution < -0.4 is 10.6 Å². The Morgan fingerprint density at radius 1 is 1.08 bits per heavy atom. The van der Waals surface area contributed by atoms with E-state index in [9.17, 15) is 9.59 Å². The van der Waals surface area contributed by atoms with E-state index in [1.807, 2.05) is 6.92 Å². The number of carbonyl (C=O) groups is 2. The number of hydrogen-bond acceptors (Lipinski definition) is 4. The highest BCUT2D eigenvalue weighted by Crippen LogP contribution is 2.17. The lowest BCUT2D eigenvalue weighted by Crippen LogP contribution is -2.14. The van der Waals surface area contributed by atoms with Gasteiger partial charge in [-0.05, 0) is 38.1 Å². The number of amides is 2. The predicted octanol–water partition coefficient (Wildman–Crippen LogP) is 2.45. The van der Waals surface area contributed by atoms with Gasteiger partial charge in [0, 0.05) is 37.4 Å². The van der Waals surface area contributed by atoms with Gasteiger partial charge in [-0.2, -0.15) is 10.2 Å². The van der Waals surface area contributed by atoms with Gasteiger partial charge in [0.1, 0.15) is 0 Å². The van der Waals surface area contributed by atoms with E-state index >= 15 is 0 Å². The molecule has 0 radical (unpaired) electrons. The topological polar surface area (TPSA) is 93.8 Å². The van der Waals surface area contributed by atoms with E-state index in [1.54, 1.807) is 66.1 Å². The molecule has 0 saturated heterocycles. The van der Waals surface area contributed by atoms with Crippen molar-refractivity contribution in [3.8, 4) is 0 Å². The zero-order valence-electron chi connectivity index (χ0n) is 14.9. The van der Waals surface area contributed by atoms with Gasteiger partial charge in [-0.3, -0.25) is 19.0 Å². The van der Waals surface area contributed by atoms with Gasteiger partial charge in [-0.1, -0.05) is 6.07 Å². The number of anilines is 2. The third kappa shape index (κ3) is 3.80. The van der Waals surface area contributed by atoms with Crippen LogP contribution in [0.25, 0.3) is 0 Å². The van der Waals surface area contributed by atoms with Crippen LogP contribution in [-0.2, 0) is 13.6 Å². The van der Waals surface area contributed by atoms with Crippen molar-refractivity contribution >= 4 is 23.2 Å². The van der Waals surface area contributed by atoms with Crippen LogP contribution in [0.15, 0.2) is 42.7 Å². The molecule has 2 aromatic heterocycles. The summed E-state index contributed by atoms with van der Waals surface area (Å²) in [6, 6.07) is 8.59. The highest BCUT2D eigenvalue weighted by molar-refractivity contribution is 6.06. The van der Waals surface area contributed by atoms with Crippen LogP contribution in [0, 0.1) is 6.92 Å². The van der Waals surface area contributed by atoms with Crippen LogP contribution in [0.2, 0.25) is 0 Å². The van der Waals surface area contributed by atoms with Crippen molar-refractivity contribution in [2.24, 2.45) is 7.05 Å². The average Bonchev–Trinajstić information content (AvgIpc) is 3.21. The van der Waals surface area contributed by atoms with Gasteiger partial charge in [0.2, 0.25) is 0 Å². The number of nitrogens with zero attached hydrogens (tertiary/aromatic N) is 4. The SMILES string of the molecule is CCn1cc(C(=O)Nc2cccc(NC(=O)c3ccn(C)n3)c2)c(C)n1. The molecule has 2 amide bonds. The lowest BCUT2D eigenvalue weighted by atomic mass is 10.2. The normalized spacial score (nSPS) is 10.6. The largest absolute Gasteiger partial charge is 0.322 e. The molecule has 0 bridgehead atoms. The molecule has 2 N–H and O–H groups in total. The van der Waals surface area contributed by atoms with E-state index in [4.69, 9.17) is 0 Å². The molecule has 0 unspecified atom stereocenters. The maximum Gasteiger partial charge on any atom is 0.276 e. The van der Waals surface area contributed by atoms with Crippen molar-refractivity contribution in [1.82, 2.24) is 19.6 Å². The molecule has 0 aliphatic heterocycles. The van der Waals surface area contributed by atoms with Crippen molar-refractivity contribution in [3.05, 3.63) is 59.7 Å². The van der Waals surface area contributed by atoms with Crippen LogP contribution in [-0.4, -0.2) is 31.4 Å². The molecule has 3 aromatic rings. The van der Waals surface area contributed by atoms with Crippen molar-refractivity contribution in [2.45, 2.75) is 20.4 Å². The number of benzene rings is 1. The second-order valence-corrected chi connectivity index (χ2v) is 5.85. The van der Waals surface area contributed by atoms with Gasteiger partial charge in [-0.15, -0.1) is 0 Å². The number of aromatic nitrogens is 4. The Bertz CT molecular complexity index is 956. The molecule has 134 valence electrons.